The van der Waals surface area contributed by atoms with E-state index in [1.807, 2.05) is 36.0 Å². The highest BCUT2D eigenvalue weighted by atomic mass is 32.2. The summed E-state index contributed by atoms with van der Waals surface area (Å²) >= 11 is 1.82. The van der Waals surface area contributed by atoms with Crippen molar-refractivity contribution in [3.8, 4) is 5.75 Å². The van der Waals surface area contributed by atoms with E-state index in [4.69, 9.17) is 4.74 Å². The number of methoxy groups -OCH3 is 1. The molecule has 5 nitrogen and oxygen atoms in total. The van der Waals surface area contributed by atoms with Crippen molar-refractivity contribution in [1.29, 1.82) is 0 Å². The third kappa shape index (κ3) is 7.22. The van der Waals surface area contributed by atoms with Crippen LogP contribution < -0.4 is 15.4 Å². The molecule has 2 amide bonds. The number of hydrogen-bond donors (Lipinski definition) is 2. The van der Waals surface area contributed by atoms with Crippen molar-refractivity contribution in [2.75, 3.05) is 18.6 Å². The van der Waals surface area contributed by atoms with E-state index in [1.165, 1.54) is 32.1 Å². The number of ether oxygens (including phenoxy) is 1. The molecule has 2 N–H and O–H groups in total. The fourth-order valence-electron chi connectivity index (χ4n) is 4.42. The van der Waals surface area contributed by atoms with Gasteiger partial charge in [-0.2, -0.15) is 11.8 Å². The minimum absolute atomic E-state index is 0.0513. The van der Waals surface area contributed by atoms with Crippen LogP contribution in [0.25, 0.3) is 0 Å². The number of thioether (sulfide) groups is 1. The Hall–Kier alpha value is -1.69. The van der Waals surface area contributed by atoms with Gasteiger partial charge in [0.1, 0.15) is 11.8 Å². The minimum atomic E-state index is -0.468. The lowest BCUT2D eigenvalue weighted by Gasteiger charge is -2.23. The lowest BCUT2D eigenvalue weighted by Crippen LogP contribution is -2.49. The molecule has 2 fully saturated rings. The Bertz CT molecular complexity index is 668. The van der Waals surface area contributed by atoms with Gasteiger partial charge in [-0.25, -0.2) is 0 Å². The van der Waals surface area contributed by atoms with Crippen LogP contribution in [-0.2, 0) is 16.1 Å². The highest BCUT2D eigenvalue weighted by Gasteiger charge is 2.28. The van der Waals surface area contributed by atoms with Gasteiger partial charge in [-0.1, -0.05) is 44.2 Å². The van der Waals surface area contributed by atoms with Crippen LogP contribution in [0.4, 0.5) is 0 Å². The minimum Gasteiger partial charge on any atom is -0.497 e. The van der Waals surface area contributed by atoms with Gasteiger partial charge in [0, 0.05) is 18.2 Å². The quantitative estimate of drug-likeness (QED) is 0.578. The molecule has 2 aliphatic rings. The predicted octanol–water partition coefficient (Wildman–Crippen LogP) is 4.30. The van der Waals surface area contributed by atoms with Crippen LogP contribution in [0.2, 0.25) is 0 Å². The highest BCUT2D eigenvalue weighted by Crippen LogP contribution is 2.27. The average molecular weight is 433 g/mol. The molecule has 0 aromatic heterocycles. The Kier molecular flexibility index (Phi) is 9.37. The topological polar surface area (TPSA) is 67.4 Å². The SMILES string of the molecule is COc1ccc(CNC(=O)[C@H](CSCC2CCCCC2)NC(=O)C2CCCC2)cc1. The van der Waals surface area contributed by atoms with Gasteiger partial charge in [0.15, 0.2) is 0 Å². The van der Waals surface area contributed by atoms with E-state index in [0.29, 0.717) is 12.3 Å². The standard InChI is InChI=1S/C24H36N2O3S/c1-29-21-13-11-18(12-14-21)15-25-24(28)22(26-23(27)20-9-5-6-10-20)17-30-16-19-7-3-2-4-8-19/h11-14,19-20,22H,2-10,15-17H2,1H3,(H,25,28)(H,26,27)/t22-/m0/s1. The summed E-state index contributed by atoms with van der Waals surface area (Å²) in [6.45, 7) is 0.450. The first-order valence-corrected chi connectivity index (χ1v) is 12.6. The van der Waals surface area contributed by atoms with Crippen molar-refractivity contribution >= 4 is 23.6 Å². The number of carbonyl (C=O) groups excluding carboxylic acids is 2. The van der Waals surface area contributed by atoms with E-state index < -0.39 is 6.04 Å². The lowest BCUT2D eigenvalue weighted by molar-refractivity contribution is -0.130. The maximum atomic E-state index is 12.9. The molecule has 30 heavy (non-hydrogen) atoms. The maximum Gasteiger partial charge on any atom is 0.243 e. The van der Waals surface area contributed by atoms with Crippen LogP contribution >= 0.6 is 11.8 Å². The number of hydrogen-bond acceptors (Lipinski definition) is 4. The Balaban J connectivity index is 1.51. The summed E-state index contributed by atoms with van der Waals surface area (Å²) in [5.74, 6) is 3.32. The summed E-state index contributed by atoms with van der Waals surface area (Å²) in [5, 5.41) is 6.07. The number of rotatable bonds is 10. The zero-order valence-corrected chi connectivity index (χ0v) is 19.0. The van der Waals surface area contributed by atoms with Gasteiger partial charge < -0.3 is 15.4 Å². The van der Waals surface area contributed by atoms with Crippen LogP contribution in [-0.4, -0.2) is 36.5 Å². The molecule has 166 valence electrons. The van der Waals surface area contributed by atoms with Crippen molar-refractivity contribution in [2.45, 2.75) is 70.4 Å². The zero-order chi connectivity index (χ0) is 21.2. The zero-order valence-electron chi connectivity index (χ0n) is 18.2. The van der Waals surface area contributed by atoms with E-state index in [2.05, 4.69) is 10.6 Å². The second kappa shape index (κ2) is 12.2. The molecule has 0 saturated heterocycles. The number of amides is 2. The Morgan fingerprint density at radius 3 is 2.37 bits per heavy atom. The third-order valence-corrected chi connectivity index (χ3v) is 7.62. The number of benzene rings is 1. The van der Waals surface area contributed by atoms with Crippen molar-refractivity contribution < 1.29 is 14.3 Å². The maximum absolute atomic E-state index is 12.9. The molecular formula is C24H36N2O3S. The highest BCUT2D eigenvalue weighted by molar-refractivity contribution is 7.99. The summed E-state index contributed by atoms with van der Waals surface area (Å²) in [5.41, 5.74) is 1.01. The molecule has 0 aliphatic heterocycles. The second-order valence-corrected chi connectivity index (χ2v) is 9.72. The molecule has 0 bridgehead atoms. The van der Waals surface area contributed by atoms with Crippen LogP contribution in [0, 0.1) is 11.8 Å². The smallest absolute Gasteiger partial charge is 0.243 e. The van der Waals surface area contributed by atoms with E-state index in [-0.39, 0.29) is 17.7 Å². The Morgan fingerprint density at radius 1 is 1.03 bits per heavy atom. The Labute approximate surface area is 185 Å². The van der Waals surface area contributed by atoms with Crippen LogP contribution in [0.15, 0.2) is 24.3 Å². The summed E-state index contributed by atoms with van der Waals surface area (Å²) in [7, 11) is 1.64. The summed E-state index contributed by atoms with van der Waals surface area (Å²) in [4.78, 5) is 25.6. The molecule has 0 heterocycles. The van der Waals surface area contributed by atoms with Crippen molar-refractivity contribution in [2.24, 2.45) is 11.8 Å². The normalized spacial score (nSPS) is 18.7. The first kappa shape index (κ1) is 23.0. The van der Waals surface area contributed by atoms with Crippen molar-refractivity contribution in [1.82, 2.24) is 10.6 Å². The van der Waals surface area contributed by atoms with E-state index >= 15 is 0 Å². The first-order valence-electron chi connectivity index (χ1n) is 11.4. The molecule has 0 unspecified atom stereocenters. The molecule has 2 aliphatic carbocycles. The van der Waals surface area contributed by atoms with Crippen LogP contribution in [0.5, 0.6) is 5.75 Å². The fraction of sp³-hybridized carbons (Fsp3) is 0.667. The molecule has 1 aromatic carbocycles. The van der Waals surface area contributed by atoms with E-state index in [0.717, 1.165) is 48.7 Å². The summed E-state index contributed by atoms with van der Waals surface area (Å²) in [6, 6.07) is 7.21. The largest absolute Gasteiger partial charge is 0.497 e. The second-order valence-electron chi connectivity index (χ2n) is 8.65. The number of carbonyl (C=O) groups is 2. The fourth-order valence-corrected chi connectivity index (χ4v) is 5.70. The Morgan fingerprint density at radius 2 is 1.70 bits per heavy atom. The molecule has 0 radical (unpaired) electrons. The van der Waals surface area contributed by atoms with Crippen LogP contribution in [0.1, 0.15) is 63.4 Å². The van der Waals surface area contributed by atoms with Gasteiger partial charge in [-0.15, -0.1) is 0 Å². The van der Waals surface area contributed by atoms with Gasteiger partial charge >= 0.3 is 0 Å². The molecule has 6 heteroatoms. The molecule has 0 spiro atoms. The summed E-state index contributed by atoms with van der Waals surface area (Å²) < 4.78 is 5.18. The molecular weight excluding hydrogens is 396 g/mol. The van der Waals surface area contributed by atoms with Gasteiger partial charge in [-0.3, -0.25) is 9.59 Å². The molecule has 1 atom stereocenters. The van der Waals surface area contributed by atoms with Gasteiger partial charge in [0.25, 0.3) is 0 Å². The van der Waals surface area contributed by atoms with Crippen molar-refractivity contribution in [3.63, 3.8) is 0 Å². The monoisotopic (exact) mass is 432 g/mol. The van der Waals surface area contributed by atoms with Crippen molar-refractivity contribution in [3.05, 3.63) is 29.8 Å². The average Bonchev–Trinajstić information content (AvgIpc) is 3.33. The lowest BCUT2D eigenvalue weighted by atomic mass is 9.91. The van der Waals surface area contributed by atoms with E-state index in [9.17, 15) is 9.59 Å². The first-order chi connectivity index (χ1) is 14.7. The molecule has 1 aromatic rings. The van der Waals surface area contributed by atoms with Crippen LogP contribution in [0.3, 0.4) is 0 Å². The summed E-state index contributed by atoms with van der Waals surface area (Å²) in [6.07, 6.45) is 10.7. The van der Waals surface area contributed by atoms with Gasteiger partial charge in [-0.05, 0) is 55.1 Å². The van der Waals surface area contributed by atoms with Gasteiger partial charge in [0.2, 0.25) is 11.8 Å². The number of nitrogens with one attached hydrogen (secondary N) is 2. The molecule has 3 rings (SSSR count). The van der Waals surface area contributed by atoms with E-state index in [1.54, 1.807) is 7.11 Å². The predicted molar refractivity (Wildman–Crippen MR) is 123 cm³/mol. The van der Waals surface area contributed by atoms with Gasteiger partial charge in [0.05, 0.1) is 7.11 Å². The third-order valence-electron chi connectivity index (χ3n) is 6.35. The molecule has 2 saturated carbocycles.